The molecule has 0 radical (unpaired) electrons. The minimum atomic E-state index is -0.815. The number of hydrogen-bond acceptors (Lipinski definition) is 8. The van der Waals surface area contributed by atoms with E-state index in [-0.39, 0.29) is 37.0 Å². The average Bonchev–Trinajstić information content (AvgIpc) is 3.90. The van der Waals surface area contributed by atoms with Crippen molar-refractivity contribution in [3.8, 4) is 16.9 Å². The van der Waals surface area contributed by atoms with E-state index in [4.69, 9.17) is 21.4 Å². The second kappa shape index (κ2) is 18.1. The lowest BCUT2D eigenvalue weighted by Crippen LogP contribution is -2.52. The number of piperidine rings is 1. The number of carbonyl (C=O) groups is 4. The van der Waals surface area contributed by atoms with E-state index >= 15 is 0 Å². The van der Waals surface area contributed by atoms with Crippen LogP contribution in [0.2, 0.25) is 5.02 Å². The standard InChI is InChI=1S/C49H51ClFN9O5/c1-29-44(30(2)56(4)55-29)45-38(50)16-15-36-33(9-7-25-65-41-12-5-8-32-26-34(51)13-14-35(32)41)27-59(47(36)45)24-21-57-19-22-58(23-20-57)43(62)28-60-31(3)52-46-37(10-6-11-40(46)60)48(63)53-39-17-18-42(61)54-49(39)64/h5-6,8,10-16,26-27,39H,7,9,17-25,28H2,1-4H3,(H,53,63)(H,54,61,64). The molecule has 1 unspecified atom stereocenters. The fraction of sp³-hybridized carbons (Fsp3) is 0.347. The Bertz CT molecular complexity index is 3020. The summed E-state index contributed by atoms with van der Waals surface area (Å²) in [5.41, 5.74) is 7.59. The lowest BCUT2D eigenvalue weighted by Gasteiger charge is -2.35. The lowest BCUT2D eigenvalue weighted by molar-refractivity contribution is -0.135. The molecule has 5 heterocycles. The maximum atomic E-state index is 13.9. The van der Waals surface area contributed by atoms with Crippen LogP contribution in [0.1, 0.15) is 52.4 Å². The summed E-state index contributed by atoms with van der Waals surface area (Å²) in [6.07, 6.45) is 4.16. The molecule has 16 heteroatoms. The first-order chi connectivity index (χ1) is 31.3. The van der Waals surface area contributed by atoms with Crippen LogP contribution >= 0.6 is 11.6 Å². The van der Waals surface area contributed by atoms with Crippen molar-refractivity contribution in [2.45, 2.75) is 65.6 Å². The van der Waals surface area contributed by atoms with Crippen molar-refractivity contribution >= 4 is 67.9 Å². The van der Waals surface area contributed by atoms with Gasteiger partial charge in [0.1, 0.15) is 35.5 Å². The van der Waals surface area contributed by atoms with Crippen LogP contribution in [0, 0.1) is 26.6 Å². The fourth-order valence-electron chi connectivity index (χ4n) is 9.41. The molecule has 4 aromatic carbocycles. The highest BCUT2D eigenvalue weighted by atomic mass is 35.5. The molecule has 0 bridgehead atoms. The van der Waals surface area contributed by atoms with Crippen LogP contribution in [0.5, 0.6) is 5.75 Å². The van der Waals surface area contributed by atoms with E-state index in [0.717, 1.165) is 69.3 Å². The zero-order valence-electron chi connectivity index (χ0n) is 36.9. The van der Waals surface area contributed by atoms with E-state index in [1.807, 2.05) is 65.4 Å². The van der Waals surface area contributed by atoms with Crippen LogP contribution in [0.3, 0.4) is 0 Å². The van der Waals surface area contributed by atoms with Crippen molar-refractivity contribution in [1.82, 2.24) is 44.3 Å². The summed E-state index contributed by atoms with van der Waals surface area (Å²) in [6.45, 7) is 10.5. The Morgan fingerprint density at radius 1 is 0.954 bits per heavy atom. The molecule has 0 saturated carbocycles. The van der Waals surface area contributed by atoms with Crippen molar-refractivity contribution in [2.75, 3.05) is 39.3 Å². The monoisotopic (exact) mass is 899 g/mol. The zero-order chi connectivity index (χ0) is 45.5. The van der Waals surface area contributed by atoms with Crippen molar-refractivity contribution < 1.29 is 28.3 Å². The first-order valence-electron chi connectivity index (χ1n) is 22.1. The Kier molecular flexibility index (Phi) is 12.2. The predicted molar refractivity (Wildman–Crippen MR) is 247 cm³/mol. The van der Waals surface area contributed by atoms with Gasteiger partial charge in [0.25, 0.3) is 5.91 Å². The number of nitrogens with one attached hydrogen (secondary N) is 2. The van der Waals surface area contributed by atoms with Crippen LogP contribution < -0.4 is 15.4 Å². The van der Waals surface area contributed by atoms with E-state index in [0.29, 0.717) is 66.8 Å². The van der Waals surface area contributed by atoms with Crippen molar-refractivity contribution in [3.05, 3.63) is 112 Å². The third-order valence-corrected chi connectivity index (χ3v) is 13.2. The summed E-state index contributed by atoms with van der Waals surface area (Å²) >= 11 is 7.09. The number of benzene rings is 4. The number of rotatable bonds is 13. The topological polar surface area (TPSA) is 149 Å². The first kappa shape index (κ1) is 43.7. The maximum absolute atomic E-state index is 13.9. The molecule has 4 amide bonds. The minimum absolute atomic E-state index is 0.0358. The summed E-state index contributed by atoms with van der Waals surface area (Å²) in [6, 6.07) is 18.9. The molecule has 0 aliphatic carbocycles. The van der Waals surface area contributed by atoms with Crippen LogP contribution in [-0.4, -0.2) is 103 Å². The summed E-state index contributed by atoms with van der Waals surface area (Å²) < 4.78 is 26.2. The zero-order valence-corrected chi connectivity index (χ0v) is 37.7. The fourth-order valence-corrected chi connectivity index (χ4v) is 9.66. The van der Waals surface area contributed by atoms with E-state index < -0.39 is 17.9 Å². The second-order valence-corrected chi connectivity index (χ2v) is 17.4. The van der Waals surface area contributed by atoms with Gasteiger partial charge in [-0.3, -0.25) is 34.1 Å². The Morgan fingerprint density at radius 3 is 2.51 bits per heavy atom. The van der Waals surface area contributed by atoms with E-state index in [9.17, 15) is 23.6 Å². The van der Waals surface area contributed by atoms with Gasteiger partial charge in [-0.15, -0.1) is 0 Å². The normalized spacial score (nSPS) is 15.9. The summed E-state index contributed by atoms with van der Waals surface area (Å²) in [5.74, 6) is -0.333. The molecule has 2 N–H and O–H groups in total. The van der Waals surface area contributed by atoms with Gasteiger partial charge in [0.2, 0.25) is 17.7 Å². The highest BCUT2D eigenvalue weighted by Crippen LogP contribution is 2.41. The predicted octanol–water partition coefficient (Wildman–Crippen LogP) is 6.65. The molecule has 2 aliphatic rings. The molecule has 0 spiro atoms. The number of nitrogens with zero attached hydrogens (tertiary/aromatic N) is 7. The molecule has 7 aromatic rings. The van der Waals surface area contributed by atoms with Gasteiger partial charge in [-0.1, -0.05) is 35.9 Å². The molecule has 9 rings (SSSR count). The van der Waals surface area contributed by atoms with E-state index in [2.05, 4.69) is 44.3 Å². The molecular formula is C49H51ClFN9O5. The summed E-state index contributed by atoms with van der Waals surface area (Å²) in [5, 5.41) is 13.2. The van der Waals surface area contributed by atoms with Gasteiger partial charge in [-0.25, -0.2) is 9.37 Å². The SMILES string of the molecule is Cc1nn(C)c(C)c1-c1c(Cl)ccc2c(CCCOc3cccc4cc(F)ccc34)cn(CCN3CCN(C(=O)Cn4c(C)nc5c(C(=O)NC6CCC(=O)NC6=O)cccc54)CC3)c12. The summed E-state index contributed by atoms with van der Waals surface area (Å²) in [4.78, 5) is 60.0. The molecule has 14 nitrogen and oxygen atoms in total. The highest BCUT2D eigenvalue weighted by Gasteiger charge is 2.30. The smallest absolute Gasteiger partial charge is 0.254 e. The highest BCUT2D eigenvalue weighted by molar-refractivity contribution is 6.35. The number of fused-ring (bicyclic) bond motifs is 3. The number of carbonyl (C=O) groups excluding carboxylic acids is 4. The van der Waals surface area contributed by atoms with Gasteiger partial charge in [0, 0.05) is 86.5 Å². The molecule has 2 aliphatic heterocycles. The van der Waals surface area contributed by atoms with Crippen molar-refractivity contribution in [3.63, 3.8) is 0 Å². The largest absolute Gasteiger partial charge is 0.493 e. The third-order valence-electron chi connectivity index (χ3n) is 12.9. The Hall–Kier alpha value is -6.58. The van der Waals surface area contributed by atoms with Gasteiger partial charge < -0.3 is 24.1 Å². The quantitative estimate of drug-likeness (QED) is 0.0966. The average molecular weight is 900 g/mol. The minimum Gasteiger partial charge on any atom is -0.493 e. The molecule has 65 heavy (non-hydrogen) atoms. The Morgan fingerprint density at radius 2 is 1.74 bits per heavy atom. The number of aromatic nitrogens is 5. The van der Waals surface area contributed by atoms with Crippen LogP contribution in [0.25, 0.3) is 43.8 Å². The van der Waals surface area contributed by atoms with E-state index in [1.54, 1.807) is 18.2 Å². The van der Waals surface area contributed by atoms with Crippen molar-refractivity contribution in [2.24, 2.45) is 7.05 Å². The van der Waals surface area contributed by atoms with E-state index in [1.165, 1.54) is 17.7 Å². The maximum Gasteiger partial charge on any atom is 0.254 e. The number of imide groups is 1. The number of aryl methyl sites for hydroxylation is 4. The van der Waals surface area contributed by atoms with Crippen LogP contribution in [0.15, 0.2) is 72.9 Å². The Balaban J connectivity index is 0.873. The van der Waals surface area contributed by atoms with Gasteiger partial charge >= 0.3 is 0 Å². The second-order valence-electron chi connectivity index (χ2n) is 17.0. The molecular weight excluding hydrogens is 849 g/mol. The number of para-hydroxylation sites is 1. The van der Waals surface area contributed by atoms with Crippen LogP contribution in [0.4, 0.5) is 4.39 Å². The lowest BCUT2D eigenvalue weighted by atomic mass is 9.99. The number of halogens is 2. The number of amides is 4. The van der Waals surface area contributed by atoms with Gasteiger partial charge in [-0.2, -0.15) is 5.10 Å². The van der Waals surface area contributed by atoms with Gasteiger partial charge in [0.15, 0.2) is 0 Å². The molecule has 336 valence electrons. The number of piperazine rings is 1. The first-order valence-corrected chi connectivity index (χ1v) is 22.4. The Labute approximate surface area is 380 Å². The molecule has 2 fully saturated rings. The molecule has 3 aromatic heterocycles. The number of hydrogen-bond donors (Lipinski definition) is 2. The third kappa shape index (κ3) is 8.69. The van der Waals surface area contributed by atoms with Crippen LogP contribution in [-0.2, 0) is 40.9 Å². The number of ether oxygens (including phenoxy) is 1. The van der Waals surface area contributed by atoms with Gasteiger partial charge in [-0.05, 0) is 93.4 Å². The van der Waals surface area contributed by atoms with Crippen molar-refractivity contribution in [1.29, 1.82) is 0 Å². The summed E-state index contributed by atoms with van der Waals surface area (Å²) in [7, 11) is 1.95. The molecule has 2 saturated heterocycles. The number of imidazole rings is 1. The molecule has 1 atom stereocenters. The van der Waals surface area contributed by atoms with Gasteiger partial charge in [0.05, 0.1) is 33.9 Å².